The molecular formula is C17H26F3N. The molecule has 0 amide bonds. The summed E-state index contributed by atoms with van der Waals surface area (Å²) in [5.74, 6) is 0. The molecule has 4 heteroatoms. The van der Waals surface area contributed by atoms with Gasteiger partial charge in [-0.3, -0.25) is 0 Å². The van der Waals surface area contributed by atoms with Crippen LogP contribution in [-0.4, -0.2) is 13.1 Å². The van der Waals surface area contributed by atoms with Crippen LogP contribution in [0.1, 0.15) is 51.2 Å². The van der Waals surface area contributed by atoms with E-state index in [4.69, 9.17) is 0 Å². The molecule has 0 bridgehead atoms. The highest BCUT2D eigenvalue weighted by Gasteiger charge is 2.31. The Kier molecular flexibility index (Phi) is 6.72. The topological polar surface area (TPSA) is 12.0 Å². The highest BCUT2D eigenvalue weighted by Crippen LogP contribution is 2.32. The van der Waals surface area contributed by atoms with Gasteiger partial charge in [0.25, 0.3) is 0 Å². The van der Waals surface area contributed by atoms with Gasteiger partial charge in [0.2, 0.25) is 0 Å². The molecule has 120 valence electrons. The third-order valence-corrected chi connectivity index (χ3v) is 3.72. The first kappa shape index (κ1) is 18.0. The van der Waals surface area contributed by atoms with Crippen LogP contribution in [-0.2, 0) is 12.6 Å². The maximum Gasteiger partial charge on any atom is 0.416 e. The number of halogens is 3. The van der Waals surface area contributed by atoms with E-state index in [0.29, 0.717) is 6.42 Å². The monoisotopic (exact) mass is 301 g/mol. The zero-order valence-corrected chi connectivity index (χ0v) is 13.2. The summed E-state index contributed by atoms with van der Waals surface area (Å²) in [5.41, 5.74) is 0.202. The highest BCUT2D eigenvalue weighted by molar-refractivity contribution is 5.26. The van der Waals surface area contributed by atoms with Gasteiger partial charge in [-0.15, -0.1) is 0 Å². The van der Waals surface area contributed by atoms with Crippen molar-refractivity contribution in [1.82, 2.24) is 5.32 Å². The molecule has 0 fully saturated rings. The molecule has 0 aliphatic heterocycles. The van der Waals surface area contributed by atoms with Crippen molar-refractivity contribution in [1.29, 1.82) is 0 Å². The second kappa shape index (κ2) is 7.83. The molecule has 1 rings (SSSR count). The minimum Gasteiger partial charge on any atom is -0.316 e. The van der Waals surface area contributed by atoms with E-state index in [0.717, 1.165) is 44.0 Å². The molecule has 0 spiro atoms. The van der Waals surface area contributed by atoms with Crippen LogP contribution in [0.15, 0.2) is 24.3 Å². The smallest absolute Gasteiger partial charge is 0.316 e. The van der Waals surface area contributed by atoms with Crippen molar-refractivity contribution >= 4 is 0 Å². The molecule has 0 aliphatic rings. The lowest BCUT2D eigenvalue weighted by Gasteiger charge is -2.30. The third-order valence-electron chi connectivity index (χ3n) is 3.72. The van der Waals surface area contributed by atoms with Crippen molar-refractivity contribution < 1.29 is 13.2 Å². The van der Waals surface area contributed by atoms with Gasteiger partial charge in [-0.1, -0.05) is 45.4 Å². The summed E-state index contributed by atoms with van der Waals surface area (Å²) in [6, 6.07) is 5.72. The van der Waals surface area contributed by atoms with Gasteiger partial charge >= 0.3 is 6.18 Å². The molecule has 0 saturated heterocycles. The summed E-state index contributed by atoms with van der Waals surface area (Å²) in [4.78, 5) is 0. The average molecular weight is 301 g/mol. The lowest BCUT2D eigenvalue weighted by molar-refractivity contribution is -0.137. The Morgan fingerprint density at radius 2 is 1.81 bits per heavy atom. The first-order valence-electron chi connectivity index (χ1n) is 7.67. The van der Waals surface area contributed by atoms with Crippen molar-refractivity contribution in [3.05, 3.63) is 35.4 Å². The average Bonchev–Trinajstić information content (AvgIpc) is 2.38. The van der Waals surface area contributed by atoms with Gasteiger partial charge in [0, 0.05) is 6.54 Å². The van der Waals surface area contributed by atoms with E-state index in [1.807, 2.05) is 0 Å². The quantitative estimate of drug-likeness (QED) is 0.662. The van der Waals surface area contributed by atoms with Crippen molar-refractivity contribution in [2.24, 2.45) is 5.41 Å². The first-order valence-corrected chi connectivity index (χ1v) is 7.67. The van der Waals surface area contributed by atoms with E-state index in [-0.39, 0.29) is 5.41 Å². The summed E-state index contributed by atoms with van der Waals surface area (Å²) in [5, 5.41) is 3.40. The Morgan fingerprint density at radius 3 is 2.38 bits per heavy atom. The van der Waals surface area contributed by atoms with Crippen molar-refractivity contribution in [3.8, 4) is 0 Å². The molecule has 0 saturated carbocycles. The second-order valence-electron chi connectivity index (χ2n) is 6.11. The summed E-state index contributed by atoms with van der Waals surface area (Å²) < 4.78 is 38.4. The van der Waals surface area contributed by atoms with E-state index in [9.17, 15) is 13.2 Å². The number of rotatable bonds is 8. The molecule has 1 unspecified atom stereocenters. The zero-order chi connectivity index (χ0) is 15.9. The van der Waals surface area contributed by atoms with Crippen LogP contribution in [0.3, 0.4) is 0 Å². The normalized spacial score (nSPS) is 15.0. The van der Waals surface area contributed by atoms with E-state index in [2.05, 4.69) is 26.1 Å². The van der Waals surface area contributed by atoms with E-state index < -0.39 is 11.7 Å². The summed E-state index contributed by atoms with van der Waals surface area (Å²) in [7, 11) is 0. The zero-order valence-electron chi connectivity index (χ0n) is 13.2. The van der Waals surface area contributed by atoms with Gasteiger partial charge in [0.1, 0.15) is 0 Å². The van der Waals surface area contributed by atoms with Crippen LogP contribution in [0.25, 0.3) is 0 Å². The van der Waals surface area contributed by atoms with Gasteiger partial charge in [0.05, 0.1) is 5.56 Å². The van der Waals surface area contributed by atoms with Crippen LogP contribution in [0.2, 0.25) is 0 Å². The maximum atomic E-state index is 12.8. The molecule has 1 nitrogen and oxygen atoms in total. The molecule has 1 atom stereocenters. The van der Waals surface area contributed by atoms with E-state index in [1.54, 1.807) is 6.07 Å². The number of nitrogens with one attached hydrogen (secondary N) is 1. The summed E-state index contributed by atoms with van der Waals surface area (Å²) in [6.07, 6.45) is -0.506. The predicted octanol–water partition coefficient (Wildman–Crippen LogP) is 5.05. The van der Waals surface area contributed by atoms with Crippen LogP contribution < -0.4 is 5.32 Å². The van der Waals surface area contributed by atoms with Gasteiger partial charge in [-0.2, -0.15) is 13.2 Å². The molecule has 0 radical (unpaired) electrons. The standard InChI is InChI=1S/C17H26F3N/c1-4-9-16(3,13-21-10-5-2)12-14-7-6-8-15(11-14)17(18,19)20/h6-8,11,21H,4-5,9-10,12-13H2,1-3H3. The number of benzene rings is 1. The molecular weight excluding hydrogens is 275 g/mol. The second-order valence-corrected chi connectivity index (χ2v) is 6.11. The number of hydrogen-bond donors (Lipinski definition) is 1. The Balaban J connectivity index is 2.83. The van der Waals surface area contributed by atoms with Gasteiger partial charge in [-0.05, 0) is 42.9 Å². The highest BCUT2D eigenvalue weighted by atomic mass is 19.4. The molecule has 1 N–H and O–H groups in total. The Labute approximate surface area is 125 Å². The van der Waals surface area contributed by atoms with Crippen molar-refractivity contribution in [2.45, 2.75) is 52.6 Å². The van der Waals surface area contributed by atoms with Gasteiger partial charge in [-0.25, -0.2) is 0 Å². The lowest BCUT2D eigenvalue weighted by atomic mass is 9.79. The molecule has 21 heavy (non-hydrogen) atoms. The largest absolute Gasteiger partial charge is 0.416 e. The van der Waals surface area contributed by atoms with Crippen LogP contribution in [0, 0.1) is 5.41 Å². The predicted molar refractivity (Wildman–Crippen MR) is 81.3 cm³/mol. The molecule has 1 aromatic carbocycles. The maximum absolute atomic E-state index is 12.8. The van der Waals surface area contributed by atoms with Crippen LogP contribution in [0.4, 0.5) is 13.2 Å². The lowest BCUT2D eigenvalue weighted by Crippen LogP contribution is -2.34. The Hall–Kier alpha value is -1.03. The van der Waals surface area contributed by atoms with E-state index >= 15 is 0 Å². The molecule has 0 aromatic heterocycles. The molecule has 0 aliphatic carbocycles. The fraction of sp³-hybridized carbons (Fsp3) is 0.647. The van der Waals surface area contributed by atoms with Crippen molar-refractivity contribution in [2.75, 3.05) is 13.1 Å². The fourth-order valence-corrected chi connectivity index (χ4v) is 2.76. The van der Waals surface area contributed by atoms with Crippen LogP contribution >= 0.6 is 0 Å². The minimum atomic E-state index is -4.27. The fourth-order valence-electron chi connectivity index (χ4n) is 2.76. The van der Waals surface area contributed by atoms with Crippen LogP contribution in [0.5, 0.6) is 0 Å². The number of alkyl halides is 3. The van der Waals surface area contributed by atoms with Gasteiger partial charge < -0.3 is 5.32 Å². The third kappa shape index (κ3) is 6.08. The van der Waals surface area contributed by atoms with E-state index in [1.165, 1.54) is 12.1 Å². The minimum absolute atomic E-state index is 0.00581. The number of hydrogen-bond acceptors (Lipinski definition) is 1. The summed E-state index contributed by atoms with van der Waals surface area (Å²) in [6.45, 7) is 8.16. The first-order chi connectivity index (χ1) is 9.80. The Bertz CT molecular complexity index is 428. The molecule has 0 heterocycles. The summed E-state index contributed by atoms with van der Waals surface area (Å²) >= 11 is 0. The van der Waals surface area contributed by atoms with Gasteiger partial charge in [0.15, 0.2) is 0 Å². The van der Waals surface area contributed by atoms with Crippen molar-refractivity contribution in [3.63, 3.8) is 0 Å². The Morgan fingerprint density at radius 1 is 1.10 bits per heavy atom. The molecule has 1 aromatic rings. The SMILES string of the molecule is CCCNCC(C)(CCC)Cc1cccc(C(F)(F)F)c1.